The molecule has 190 valence electrons. The van der Waals surface area contributed by atoms with Gasteiger partial charge < -0.3 is 10.6 Å². The van der Waals surface area contributed by atoms with Gasteiger partial charge in [-0.25, -0.2) is 4.79 Å². The van der Waals surface area contributed by atoms with E-state index in [1.165, 1.54) is 29.5 Å². The maximum absolute atomic E-state index is 12.8. The predicted molar refractivity (Wildman–Crippen MR) is 145 cm³/mol. The largest absolute Gasteiger partial charge is 0.328 e. The molecule has 37 heavy (non-hydrogen) atoms. The average Bonchev–Trinajstić information content (AvgIpc) is 3.32. The number of thioether (sulfide) groups is 1. The second kappa shape index (κ2) is 11.7. The molecular formula is C27H28N6O3S. The molecule has 1 aromatic heterocycles. The molecule has 0 aliphatic heterocycles. The van der Waals surface area contributed by atoms with Gasteiger partial charge in [-0.05, 0) is 55.7 Å². The van der Waals surface area contributed by atoms with Crippen LogP contribution in [0.3, 0.4) is 0 Å². The van der Waals surface area contributed by atoms with E-state index in [2.05, 4.69) is 39.9 Å². The molecule has 0 spiro atoms. The third kappa shape index (κ3) is 6.53. The first kappa shape index (κ1) is 25.9. The molecule has 0 aliphatic carbocycles. The lowest BCUT2D eigenvalue weighted by Gasteiger charge is -2.17. The van der Waals surface area contributed by atoms with E-state index in [1.807, 2.05) is 54.8 Å². The molecular weight excluding hydrogens is 488 g/mol. The first-order chi connectivity index (χ1) is 17.8. The third-order valence-electron chi connectivity index (χ3n) is 5.76. The molecule has 4 rings (SSSR count). The van der Waals surface area contributed by atoms with Crippen molar-refractivity contribution in [3.63, 3.8) is 0 Å². The summed E-state index contributed by atoms with van der Waals surface area (Å²) in [5.41, 5.74) is 4.80. The molecule has 0 aliphatic rings. The normalized spacial score (nSPS) is 11.6. The van der Waals surface area contributed by atoms with Crippen molar-refractivity contribution in [3.8, 4) is 5.69 Å². The van der Waals surface area contributed by atoms with E-state index >= 15 is 0 Å². The maximum atomic E-state index is 12.8. The molecule has 4 aromatic rings. The number of non-ortho nitro benzene ring substituents is 1. The molecule has 0 saturated carbocycles. The zero-order valence-electron chi connectivity index (χ0n) is 20.8. The Kier molecular flexibility index (Phi) is 8.19. The number of nitro groups is 1. The average molecular weight is 517 g/mol. The van der Waals surface area contributed by atoms with Crippen molar-refractivity contribution in [2.75, 3.05) is 5.32 Å². The molecule has 1 heterocycles. The first-order valence-electron chi connectivity index (χ1n) is 11.9. The summed E-state index contributed by atoms with van der Waals surface area (Å²) in [6.45, 7) is 5.92. The molecule has 2 N–H and O–H groups in total. The number of anilines is 1. The number of rotatable bonds is 9. The fourth-order valence-corrected chi connectivity index (χ4v) is 4.77. The number of benzene rings is 3. The van der Waals surface area contributed by atoms with Crippen molar-refractivity contribution in [2.24, 2.45) is 0 Å². The van der Waals surface area contributed by atoms with E-state index in [0.717, 1.165) is 17.5 Å². The Labute approximate surface area is 219 Å². The van der Waals surface area contributed by atoms with Crippen LogP contribution >= 0.6 is 11.8 Å². The van der Waals surface area contributed by atoms with Gasteiger partial charge in [0.1, 0.15) is 0 Å². The number of aryl methyl sites for hydroxylation is 2. The molecule has 1 atom stereocenters. The molecule has 1 unspecified atom stereocenters. The maximum Gasteiger partial charge on any atom is 0.319 e. The molecule has 9 nitrogen and oxygen atoms in total. The Hall–Kier alpha value is -4.18. The minimum absolute atomic E-state index is 0.00722. The number of urea groups is 1. The van der Waals surface area contributed by atoms with Crippen molar-refractivity contribution in [2.45, 2.75) is 44.1 Å². The van der Waals surface area contributed by atoms with Crippen molar-refractivity contribution >= 4 is 29.2 Å². The van der Waals surface area contributed by atoms with E-state index in [0.29, 0.717) is 28.1 Å². The second-order valence-electron chi connectivity index (χ2n) is 8.60. The molecule has 2 amide bonds. The van der Waals surface area contributed by atoms with Crippen LogP contribution < -0.4 is 10.6 Å². The predicted octanol–water partition coefficient (Wildman–Crippen LogP) is 6.22. The number of nitrogens with zero attached hydrogens (tertiary/aromatic N) is 4. The highest BCUT2D eigenvalue weighted by Gasteiger charge is 2.22. The van der Waals surface area contributed by atoms with Crippen LogP contribution in [0.25, 0.3) is 5.69 Å². The number of carbonyl (C=O) groups excluding carboxylic acids is 1. The molecule has 3 aromatic carbocycles. The number of aromatic nitrogens is 3. The molecule has 0 bridgehead atoms. The third-order valence-corrected chi connectivity index (χ3v) is 6.76. The summed E-state index contributed by atoms with van der Waals surface area (Å²) in [6, 6.07) is 21.2. The van der Waals surface area contributed by atoms with Crippen LogP contribution in [0.5, 0.6) is 0 Å². The van der Waals surface area contributed by atoms with Gasteiger partial charge in [0.05, 0.1) is 11.0 Å². The number of hydrogen-bond acceptors (Lipinski definition) is 6. The van der Waals surface area contributed by atoms with Gasteiger partial charge in [-0.2, -0.15) is 0 Å². The number of carbonyl (C=O) groups is 1. The van der Waals surface area contributed by atoms with Crippen molar-refractivity contribution in [1.82, 2.24) is 20.1 Å². The lowest BCUT2D eigenvalue weighted by Crippen LogP contribution is -2.32. The summed E-state index contributed by atoms with van der Waals surface area (Å²) < 4.78 is 1.83. The van der Waals surface area contributed by atoms with Gasteiger partial charge in [-0.3, -0.25) is 14.7 Å². The van der Waals surface area contributed by atoms with Crippen LogP contribution in [0.1, 0.15) is 42.4 Å². The summed E-state index contributed by atoms with van der Waals surface area (Å²) in [5, 5.41) is 26.3. The van der Waals surface area contributed by atoms with Gasteiger partial charge in [0, 0.05) is 29.3 Å². The van der Waals surface area contributed by atoms with Gasteiger partial charge in [0.25, 0.3) is 5.69 Å². The van der Waals surface area contributed by atoms with Crippen molar-refractivity contribution < 1.29 is 9.72 Å². The quantitative estimate of drug-likeness (QED) is 0.155. The summed E-state index contributed by atoms with van der Waals surface area (Å²) in [6.07, 6.45) is 0.870. The Morgan fingerprint density at radius 1 is 1.05 bits per heavy atom. The van der Waals surface area contributed by atoms with E-state index in [9.17, 15) is 14.9 Å². The minimum atomic E-state index is -0.495. The molecule has 0 fully saturated rings. The minimum Gasteiger partial charge on any atom is -0.328 e. The fourth-order valence-electron chi connectivity index (χ4n) is 3.87. The lowest BCUT2D eigenvalue weighted by molar-refractivity contribution is -0.384. The Morgan fingerprint density at radius 2 is 1.78 bits per heavy atom. The Balaban J connectivity index is 1.58. The zero-order chi connectivity index (χ0) is 26.4. The number of nitro benzene ring substituents is 1. The number of nitrogens with one attached hydrogen (secondary N) is 2. The van der Waals surface area contributed by atoms with Crippen molar-refractivity contribution in [3.05, 3.63) is 105 Å². The summed E-state index contributed by atoms with van der Waals surface area (Å²) in [4.78, 5) is 23.5. The monoisotopic (exact) mass is 516 g/mol. The van der Waals surface area contributed by atoms with E-state index in [4.69, 9.17) is 0 Å². The summed E-state index contributed by atoms with van der Waals surface area (Å²) in [7, 11) is 0. The molecule has 0 radical (unpaired) electrons. The van der Waals surface area contributed by atoms with Crippen LogP contribution in [0.2, 0.25) is 0 Å². The van der Waals surface area contributed by atoms with Crippen LogP contribution in [0.15, 0.2) is 78.0 Å². The zero-order valence-corrected chi connectivity index (χ0v) is 21.7. The van der Waals surface area contributed by atoms with Gasteiger partial charge in [-0.15, -0.1) is 10.2 Å². The standard InChI is InChI=1S/C27H28N6O3S/c1-4-20-8-6-10-22(16-20)29-26(34)28-19(3)25-30-31-27(37-17-21-9-5-7-18(2)15-21)32(25)23-11-13-24(14-12-23)33(35)36/h5-16,19H,4,17H2,1-3H3,(H2,28,29,34). The fraction of sp³-hybridized carbons (Fsp3) is 0.222. The van der Waals surface area contributed by atoms with Gasteiger partial charge in [-0.1, -0.05) is 60.6 Å². The van der Waals surface area contributed by atoms with E-state index < -0.39 is 11.0 Å². The smallest absolute Gasteiger partial charge is 0.319 e. The highest BCUT2D eigenvalue weighted by atomic mass is 32.2. The highest BCUT2D eigenvalue weighted by Crippen LogP contribution is 2.29. The van der Waals surface area contributed by atoms with E-state index in [1.54, 1.807) is 12.1 Å². The summed E-state index contributed by atoms with van der Waals surface area (Å²) >= 11 is 1.51. The van der Waals surface area contributed by atoms with Crippen LogP contribution in [-0.2, 0) is 12.2 Å². The van der Waals surface area contributed by atoms with E-state index in [-0.39, 0.29) is 11.7 Å². The first-order valence-corrected chi connectivity index (χ1v) is 12.9. The van der Waals surface area contributed by atoms with Crippen molar-refractivity contribution in [1.29, 1.82) is 0 Å². The number of hydrogen-bond donors (Lipinski definition) is 2. The lowest BCUT2D eigenvalue weighted by atomic mass is 10.1. The van der Waals surface area contributed by atoms with Gasteiger partial charge in [0.2, 0.25) is 0 Å². The van der Waals surface area contributed by atoms with Crippen LogP contribution in [0, 0.1) is 17.0 Å². The van der Waals surface area contributed by atoms with Crippen LogP contribution in [-0.4, -0.2) is 25.7 Å². The van der Waals surface area contributed by atoms with Crippen LogP contribution in [0.4, 0.5) is 16.2 Å². The molecule has 10 heteroatoms. The highest BCUT2D eigenvalue weighted by molar-refractivity contribution is 7.98. The molecule has 0 saturated heterocycles. The Bertz CT molecular complexity index is 1400. The SMILES string of the molecule is CCc1cccc(NC(=O)NC(C)c2nnc(SCc3cccc(C)c3)n2-c2ccc([N+](=O)[O-])cc2)c1. The second-order valence-corrected chi connectivity index (χ2v) is 9.54. The Morgan fingerprint density at radius 3 is 2.49 bits per heavy atom. The van der Waals surface area contributed by atoms with Gasteiger partial charge >= 0.3 is 6.03 Å². The summed E-state index contributed by atoms with van der Waals surface area (Å²) in [5.74, 6) is 1.18. The van der Waals surface area contributed by atoms with Gasteiger partial charge in [0.15, 0.2) is 11.0 Å². The number of amides is 2. The topological polar surface area (TPSA) is 115 Å².